The van der Waals surface area contributed by atoms with Crippen molar-refractivity contribution in [3.05, 3.63) is 77.5 Å². The summed E-state index contributed by atoms with van der Waals surface area (Å²) in [5.74, 6) is -1.29. The maximum atomic E-state index is 12.3. The van der Waals surface area contributed by atoms with E-state index in [0.29, 0.717) is 6.61 Å². The summed E-state index contributed by atoms with van der Waals surface area (Å²) in [6.07, 6.45) is 8.39. The Morgan fingerprint density at radius 1 is 0.903 bits per heavy atom. The molecule has 0 fully saturated rings. The van der Waals surface area contributed by atoms with Crippen LogP contribution >= 0.6 is 0 Å². The van der Waals surface area contributed by atoms with Crippen LogP contribution < -0.4 is 0 Å². The number of hydrogen-bond donors (Lipinski definition) is 1. The topological polar surface area (TPSA) is 42.4 Å². The van der Waals surface area contributed by atoms with Crippen molar-refractivity contribution in [3.8, 4) is 0 Å². The molecule has 1 aliphatic rings. The maximum absolute atomic E-state index is 12.3. The predicted octanol–water partition coefficient (Wildman–Crippen LogP) is 6.91. The molecule has 0 spiro atoms. The monoisotopic (exact) mass is 417 g/mol. The summed E-state index contributed by atoms with van der Waals surface area (Å²) in [6.45, 7) is 4.75. The molecule has 1 aliphatic carbocycles. The standard InChI is InChI=1S/C28H35NO2/c1-3-5-18-27(19-6-4-2)20-17-22-11-7-9-13-25(22)28(27,30)31-21-24-16-15-23-12-8-10-14-26(23)29-24/h7-16,30H,3-6,17-21H2,1-2H3. The fourth-order valence-electron chi connectivity index (χ4n) is 5.24. The Labute approximate surface area is 186 Å². The van der Waals surface area contributed by atoms with E-state index in [1.54, 1.807) is 0 Å². The smallest absolute Gasteiger partial charge is 0.198 e. The molecule has 164 valence electrons. The van der Waals surface area contributed by atoms with Gasteiger partial charge in [0.05, 0.1) is 17.8 Å². The first-order valence-electron chi connectivity index (χ1n) is 11.9. The summed E-state index contributed by atoms with van der Waals surface area (Å²) in [7, 11) is 0. The van der Waals surface area contributed by atoms with Crippen LogP contribution in [0.4, 0.5) is 0 Å². The van der Waals surface area contributed by atoms with Crippen molar-refractivity contribution < 1.29 is 9.84 Å². The van der Waals surface area contributed by atoms with Crippen LogP contribution in [0.1, 0.15) is 75.6 Å². The number of para-hydroxylation sites is 1. The fourth-order valence-corrected chi connectivity index (χ4v) is 5.24. The molecule has 3 aromatic rings. The van der Waals surface area contributed by atoms with Crippen molar-refractivity contribution in [2.45, 2.75) is 77.6 Å². The third kappa shape index (κ3) is 4.26. The summed E-state index contributed by atoms with van der Waals surface area (Å²) < 4.78 is 6.54. The Hall–Kier alpha value is -2.23. The summed E-state index contributed by atoms with van der Waals surface area (Å²) >= 11 is 0. The molecule has 0 bridgehead atoms. The van der Waals surface area contributed by atoms with E-state index < -0.39 is 5.79 Å². The quantitative estimate of drug-likeness (QED) is 0.385. The first-order valence-corrected chi connectivity index (χ1v) is 11.9. The number of ether oxygens (including phenoxy) is 1. The second-order valence-corrected chi connectivity index (χ2v) is 9.07. The number of rotatable bonds is 9. The van der Waals surface area contributed by atoms with Crippen molar-refractivity contribution in [1.29, 1.82) is 0 Å². The van der Waals surface area contributed by atoms with Gasteiger partial charge in [-0.1, -0.05) is 88.1 Å². The van der Waals surface area contributed by atoms with Gasteiger partial charge in [-0.3, -0.25) is 4.98 Å². The van der Waals surface area contributed by atoms with Crippen LogP contribution in [0, 0.1) is 5.41 Å². The molecule has 3 heteroatoms. The molecule has 0 radical (unpaired) electrons. The van der Waals surface area contributed by atoms with E-state index in [4.69, 9.17) is 9.72 Å². The van der Waals surface area contributed by atoms with Gasteiger partial charge >= 0.3 is 0 Å². The van der Waals surface area contributed by atoms with Gasteiger partial charge in [-0.15, -0.1) is 0 Å². The number of benzene rings is 2. The average Bonchev–Trinajstić information content (AvgIpc) is 2.82. The Kier molecular flexibility index (Phi) is 6.74. The first-order chi connectivity index (χ1) is 15.1. The van der Waals surface area contributed by atoms with E-state index in [2.05, 4.69) is 44.2 Å². The molecule has 0 amide bonds. The number of pyridine rings is 1. The van der Waals surface area contributed by atoms with E-state index in [0.717, 1.165) is 73.5 Å². The third-order valence-electron chi connectivity index (χ3n) is 7.08. The molecular formula is C28H35NO2. The zero-order chi connectivity index (χ0) is 21.7. The van der Waals surface area contributed by atoms with Gasteiger partial charge in [-0.2, -0.15) is 0 Å². The number of aliphatic hydroxyl groups is 1. The molecule has 3 nitrogen and oxygen atoms in total. The van der Waals surface area contributed by atoms with Gasteiger partial charge in [0.25, 0.3) is 0 Å². The SMILES string of the molecule is CCCCC1(CCCC)CCc2ccccc2C1(O)OCc1ccc2ccccc2n1. The Morgan fingerprint density at radius 3 is 2.39 bits per heavy atom. The average molecular weight is 418 g/mol. The maximum Gasteiger partial charge on any atom is 0.198 e. The van der Waals surface area contributed by atoms with Gasteiger partial charge in [0.1, 0.15) is 0 Å². The first kappa shape index (κ1) is 22.0. The van der Waals surface area contributed by atoms with Crippen LogP contribution in [-0.2, 0) is 23.6 Å². The number of unbranched alkanes of at least 4 members (excludes halogenated alkanes) is 2. The highest BCUT2D eigenvalue weighted by Crippen LogP contribution is 2.55. The number of hydrogen-bond acceptors (Lipinski definition) is 3. The summed E-state index contributed by atoms with van der Waals surface area (Å²) in [4.78, 5) is 4.78. The van der Waals surface area contributed by atoms with Crippen molar-refractivity contribution in [2.24, 2.45) is 5.41 Å². The molecule has 1 aromatic heterocycles. The Balaban J connectivity index is 1.70. The fraction of sp³-hybridized carbons (Fsp3) is 0.464. The van der Waals surface area contributed by atoms with Gasteiger partial charge in [0.15, 0.2) is 5.79 Å². The van der Waals surface area contributed by atoms with E-state index in [9.17, 15) is 5.11 Å². The van der Waals surface area contributed by atoms with E-state index in [1.165, 1.54) is 5.56 Å². The van der Waals surface area contributed by atoms with Crippen molar-refractivity contribution in [3.63, 3.8) is 0 Å². The van der Waals surface area contributed by atoms with Gasteiger partial charge in [0, 0.05) is 16.4 Å². The molecule has 0 saturated carbocycles. The van der Waals surface area contributed by atoms with Crippen LogP contribution in [0.2, 0.25) is 0 Å². The lowest BCUT2D eigenvalue weighted by molar-refractivity contribution is -0.303. The molecule has 1 unspecified atom stereocenters. The molecule has 0 aliphatic heterocycles. The number of aryl methyl sites for hydroxylation is 1. The molecule has 1 N–H and O–H groups in total. The van der Waals surface area contributed by atoms with Crippen LogP contribution in [0.5, 0.6) is 0 Å². The van der Waals surface area contributed by atoms with E-state index in [1.807, 2.05) is 30.3 Å². The molecule has 1 atom stereocenters. The van der Waals surface area contributed by atoms with Crippen molar-refractivity contribution >= 4 is 10.9 Å². The molecule has 31 heavy (non-hydrogen) atoms. The zero-order valence-electron chi connectivity index (χ0n) is 18.9. The van der Waals surface area contributed by atoms with Crippen molar-refractivity contribution in [1.82, 2.24) is 4.98 Å². The van der Waals surface area contributed by atoms with Crippen molar-refractivity contribution in [2.75, 3.05) is 0 Å². The van der Waals surface area contributed by atoms with E-state index >= 15 is 0 Å². The lowest BCUT2D eigenvalue weighted by Crippen LogP contribution is -2.51. The second-order valence-electron chi connectivity index (χ2n) is 9.07. The number of aromatic nitrogens is 1. The highest BCUT2D eigenvalue weighted by atomic mass is 16.6. The minimum absolute atomic E-state index is 0.260. The highest BCUT2D eigenvalue weighted by molar-refractivity contribution is 5.78. The van der Waals surface area contributed by atoms with Crippen LogP contribution in [0.25, 0.3) is 10.9 Å². The predicted molar refractivity (Wildman–Crippen MR) is 127 cm³/mol. The Morgan fingerprint density at radius 2 is 1.61 bits per heavy atom. The zero-order valence-corrected chi connectivity index (χ0v) is 18.9. The lowest BCUT2D eigenvalue weighted by Gasteiger charge is -2.51. The third-order valence-corrected chi connectivity index (χ3v) is 7.08. The number of nitrogens with zero attached hydrogens (tertiary/aromatic N) is 1. The Bertz CT molecular complexity index is 1010. The van der Waals surface area contributed by atoms with Gasteiger partial charge < -0.3 is 9.84 Å². The van der Waals surface area contributed by atoms with Crippen LogP contribution in [-0.4, -0.2) is 10.1 Å². The minimum atomic E-state index is -1.29. The normalized spacial score (nSPS) is 20.0. The lowest BCUT2D eigenvalue weighted by atomic mass is 9.62. The summed E-state index contributed by atoms with van der Waals surface area (Å²) in [5, 5.41) is 13.4. The molecule has 4 rings (SSSR count). The van der Waals surface area contributed by atoms with Gasteiger partial charge in [0.2, 0.25) is 0 Å². The second kappa shape index (κ2) is 9.50. The van der Waals surface area contributed by atoms with Crippen LogP contribution in [0.15, 0.2) is 60.7 Å². The summed E-state index contributed by atoms with van der Waals surface area (Å²) in [6, 6.07) is 20.5. The molecule has 0 saturated heterocycles. The van der Waals surface area contributed by atoms with Crippen LogP contribution in [0.3, 0.4) is 0 Å². The highest BCUT2D eigenvalue weighted by Gasteiger charge is 2.54. The van der Waals surface area contributed by atoms with E-state index in [-0.39, 0.29) is 5.41 Å². The molecule has 2 aromatic carbocycles. The summed E-state index contributed by atoms with van der Waals surface area (Å²) in [5.41, 5.74) is 3.72. The molecule has 1 heterocycles. The largest absolute Gasteiger partial charge is 0.361 e. The van der Waals surface area contributed by atoms with Gasteiger partial charge in [-0.05, 0) is 43.4 Å². The minimum Gasteiger partial charge on any atom is -0.361 e. The van der Waals surface area contributed by atoms with Gasteiger partial charge in [-0.25, -0.2) is 0 Å². The molecular weight excluding hydrogens is 382 g/mol. The number of fused-ring (bicyclic) bond motifs is 2.